The summed E-state index contributed by atoms with van der Waals surface area (Å²) < 4.78 is 29.3. The van der Waals surface area contributed by atoms with Gasteiger partial charge in [0.15, 0.2) is 9.84 Å². The second-order valence-electron chi connectivity index (χ2n) is 5.53. The summed E-state index contributed by atoms with van der Waals surface area (Å²) in [4.78, 5) is 22.5. The molecule has 0 bridgehead atoms. The molecule has 9 nitrogen and oxygen atoms in total. The van der Waals surface area contributed by atoms with E-state index < -0.39 is 15.9 Å². The lowest BCUT2D eigenvalue weighted by Gasteiger charge is -2.35. The summed E-state index contributed by atoms with van der Waals surface area (Å²) in [6, 6.07) is -0.570. The van der Waals surface area contributed by atoms with Crippen molar-refractivity contribution >= 4 is 15.7 Å². The van der Waals surface area contributed by atoms with Crippen LogP contribution in [0.4, 0.5) is 0 Å². The lowest BCUT2D eigenvalue weighted by Crippen LogP contribution is -2.44. The van der Waals surface area contributed by atoms with Gasteiger partial charge in [0.1, 0.15) is 10.7 Å². The van der Waals surface area contributed by atoms with E-state index in [2.05, 4.69) is 20.2 Å². The minimum atomic E-state index is -3.47. The number of hydrogen-bond donors (Lipinski definition) is 1. The molecular weight excluding hydrogens is 334 g/mol. The number of nitrogens with one attached hydrogen (secondary N) is 1. The zero-order valence-electron chi connectivity index (χ0n) is 13.3. The molecular formula is C14H17N5O4S. The van der Waals surface area contributed by atoms with Gasteiger partial charge in [0.2, 0.25) is 0 Å². The normalized spacial score (nSPS) is 18.6. The Kier molecular flexibility index (Phi) is 4.33. The van der Waals surface area contributed by atoms with Gasteiger partial charge in [0.05, 0.1) is 36.7 Å². The van der Waals surface area contributed by atoms with Crippen LogP contribution in [0.15, 0.2) is 23.5 Å². The number of aryl methyl sites for hydroxylation is 1. The summed E-state index contributed by atoms with van der Waals surface area (Å²) >= 11 is 0. The number of carbonyl (C=O) groups excluding carboxylic acids is 1. The Balaban J connectivity index is 1.96. The predicted octanol–water partition coefficient (Wildman–Crippen LogP) is 0.125. The largest absolute Gasteiger partial charge is 0.377 e. The summed E-state index contributed by atoms with van der Waals surface area (Å²) in [6.45, 7) is 2.62. The number of amides is 1. The Bertz CT molecular complexity index is 846. The first-order valence-corrected chi connectivity index (χ1v) is 9.17. The smallest absolute Gasteiger partial charge is 0.257 e. The molecule has 1 atom stereocenters. The van der Waals surface area contributed by atoms with Crippen LogP contribution < -0.4 is 0 Å². The highest BCUT2D eigenvalue weighted by molar-refractivity contribution is 7.90. The number of H-pyrrole nitrogens is 1. The van der Waals surface area contributed by atoms with E-state index in [-0.39, 0.29) is 17.4 Å². The minimum Gasteiger partial charge on any atom is -0.377 e. The van der Waals surface area contributed by atoms with Gasteiger partial charge in [-0.1, -0.05) is 0 Å². The van der Waals surface area contributed by atoms with Crippen LogP contribution in [0.5, 0.6) is 0 Å². The van der Waals surface area contributed by atoms with Gasteiger partial charge in [-0.3, -0.25) is 9.89 Å². The molecule has 24 heavy (non-hydrogen) atoms. The van der Waals surface area contributed by atoms with Crippen molar-refractivity contribution in [3.63, 3.8) is 0 Å². The van der Waals surface area contributed by atoms with Crippen molar-refractivity contribution in [2.24, 2.45) is 0 Å². The van der Waals surface area contributed by atoms with Crippen LogP contribution in [0.3, 0.4) is 0 Å². The third-order valence-corrected chi connectivity index (χ3v) is 4.91. The van der Waals surface area contributed by atoms with Gasteiger partial charge in [-0.25, -0.2) is 18.4 Å². The monoisotopic (exact) mass is 351 g/mol. The second-order valence-corrected chi connectivity index (χ2v) is 7.51. The van der Waals surface area contributed by atoms with Crippen molar-refractivity contribution in [3.8, 4) is 0 Å². The van der Waals surface area contributed by atoms with E-state index in [4.69, 9.17) is 4.74 Å². The van der Waals surface area contributed by atoms with E-state index in [1.807, 2.05) is 0 Å². The summed E-state index contributed by atoms with van der Waals surface area (Å²) in [6.07, 6.45) is 5.27. The molecule has 1 amide bonds. The fourth-order valence-electron chi connectivity index (χ4n) is 2.57. The van der Waals surface area contributed by atoms with Gasteiger partial charge in [0.25, 0.3) is 5.91 Å². The number of ether oxygens (including phenoxy) is 1. The molecule has 0 radical (unpaired) electrons. The molecule has 2 aromatic heterocycles. The van der Waals surface area contributed by atoms with Gasteiger partial charge in [-0.05, 0) is 6.92 Å². The van der Waals surface area contributed by atoms with Crippen LogP contribution in [0.1, 0.15) is 27.9 Å². The second kappa shape index (κ2) is 6.29. The molecule has 1 fully saturated rings. The molecule has 1 N–H and O–H groups in total. The first kappa shape index (κ1) is 16.5. The number of aromatic nitrogens is 4. The van der Waals surface area contributed by atoms with E-state index >= 15 is 0 Å². The number of aromatic amines is 1. The zero-order valence-corrected chi connectivity index (χ0v) is 14.1. The third kappa shape index (κ3) is 3.15. The maximum absolute atomic E-state index is 12.8. The van der Waals surface area contributed by atoms with Crippen LogP contribution in [-0.2, 0) is 14.6 Å². The summed E-state index contributed by atoms with van der Waals surface area (Å²) in [5.41, 5.74) is 0.687. The van der Waals surface area contributed by atoms with Crippen molar-refractivity contribution in [2.45, 2.75) is 17.9 Å². The van der Waals surface area contributed by atoms with Crippen molar-refractivity contribution in [3.05, 3.63) is 35.7 Å². The van der Waals surface area contributed by atoms with Crippen LogP contribution in [0.25, 0.3) is 0 Å². The number of morpholine rings is 1. The predicted molar refractivity (Wildman–Crippen MR) is 83.1 cm³/mol. The Morgan fingerprint density at radius 3 is 2.71 bits per heavy atom. The molecule has 0 spiro atoms. The maximum Gasteiger partial charge on any atom is 0.257 e. The average Bonchev–Trinajstić information content (AvgIpc) is 3.05. The maximum atomic E-state index is 12.8. The van der Waals surface area contributed by atoms with Gasteiger partial charge in [0, 0.05) is 25.2 Å². The molecule has 1 aliphatic rings. The van der Waals surface area contributed by atoms with E-state index in [1.54, 1.807) is 11.8 Å². The first-order valence-electron chi connectivity index (χ1n) is 7.28. The summed E-state index contributed by atoms with van der Waals surface area (Å²) in [7, 11) is -3.47. The average molecular weight is 351 g/mol. The number of rotatable bonds is 3. The zero-order chi connectivity index (χ0) is 17.3. The van der Waals surface area contributed by atoms with E-state index in [9.17, 15) is 13.2 Å². The molecule has 1 saturated heterocycles. The van der Waals surface area contributed by atoms with E-state index in [1.165, 1.54) is 18.6 Å². The molecule has 1 aliphatic heterocycles. The Morgan fingerprint density at radius 2 is 2.04 bits per heavy atom. The fourth-order valence-corrected chi connectivity index (χ4v) is 3.40. The summed E-state index contributed by atoms with van der Waals surface area (Å²) in [5.74, 6) is 0.287. The van der Waals surface area contributed by atoms with Crippen LogP contribution in [0, 0.1) is 6.92 Å². The van der Waals surface area contributed by atoms with Gasteiger partial charge in [-0.2, -0.15) is 5.10 Å². The van der Waals surface area contributed by atoms with Crippen molar-refractivity contribution in [2.75, 3.05) is 26.0 Å². The quantitative estimate of drug-likeness (QED) is 0.834. The molecule has 1 unspecified atom stereocenters. The number of sulfone groups is 1. The lowest BCUT2D eigenvalue weighted by atomic mass is 10.1. The summed E-state index contributed by atoms with van der Waals surface area (Å²) in [5, 5.41) is 6.51. The van der Waals surface area contributed by atoms with Crippen LogP contribution in [-0.4, -0.2) is 65.4 Å². The Hall–Kier alpha value is -2.33. The number of nitrogens with zero attached hydrogens (tertiary/aromatic N) is 4. The van der Waals surface area contributed by atoms with Crippen LogP contribution in [0.2, 0.25) is 0 Å². The highest BCUT2D eigenvalue weighted by atomic mass is 32.2. The molecule has 128 valence electrons. The molecule has 0 saturated carbocycles. The SMILES string of the molecule is Cc1ncc(C(=O)N2CCOCC2c2[nH]ncc2S(C)(=O)=O)cn1. The van der Waals surface area contributed by atoms with Gasteiger partial charge < -0.3 is 9.64 Å². The van der Waals surface area contributed by atoms with E-state index in [0.717, 1.165) is 6.26 Å². The molecule has 10 heteroatoms. The van der Waals surface area contributed by atoms with Crippen LogP contribution >= 0.6 is 0 Å². The van der Waals surface area contributed by atoms with Crippen molar-refractivity contribution in [1.29, 1.82) is 0 Å². The van der Waals surface area contributed by atoms with Gasteiger partial charge in [-0.15, -0.1) is 0 Å². The number of carbonyl (C=O) groups is 1. The Labute approximate surface area is 139 Å². The lowest BCUT2D eigenvalue weighted by molar-refractivity contribution is -0.00473. The molecule has 0 aromatic carbocycles. The molecule has 3 heterocycles. The Morgan fingerprint density at radius 1 is 1.33 bits per heavy atom. The number of hydrogen-bond acceptors (Lipinski definition) is 7. The van der Waals surface area contributed by atoms with Gasteiger partial charge >= 0.3 is 0 Å². The molecule has 0 aliphatic carbocycles. The molecule has 2 aromatic rings. The highest BCUT2D eigenvalue weighted by Crippen LogP contribution is 2.28. The van der Waals surface area contributed by atoms with E-state index in [0.29, 0.717) is 30.2 Å². The van der Waals surface area contributed by atoms with Crippen molar-refractivity contribution < 1.29 is 17.9 Å². The first-order chi connectivity index (χ1) is 11.4. The fraction of sp³-hybridized carbons (Fsp3) is 0.429. The topological polar surface area (TPSA) is 118 Å². The molecule has 3 rings (SSSR count). The van der Waals surface area contributed by atoms with Crippen molar-refractivity contribution in [1.82, 2.24) is 25.1 Å². The highest BCUT2D eigenvalue weighted by Gasteiger charge is 2.34. The minimum absolute atomic E-state index is 0.0657. The standard InChI is InChI=1S/C14H17N5O4S/c1-9-15-5-10(6-16-9)14(20)19-3-4-23-8-11(19)13-12(7-17-18-13)24(2,21)22/h5-7,11H,3-4,8H2,1-2H3,(H,17,18). The third-order valence-electron chi connectivity index (χ3n) is 3.78.